The summed E-state index contributed by atoms with van der Waals surface area (Å²) < 4.78 is 5.71. The van der Waals surface area contributed by atoms with Crippen molar-refractivity contribution >= 4 is 11.8 Å². The van der Waals surface area contributed by atoms with Gasteiger partial charge in [-0.05, 0) is 86.9 Å². The van der Waals surface area contributed by atoms with Crippen LogP contribution in [-0.4, -0.2) is 40.8 Å². The van der Waals surface area contributed by atoms with Crippen LogP contribution >= 0.6 is 0 Å². The molecule has 4 saturated carbocycles. The van der Waals surface area contributed by atoms with E-state index in [0.29, 0.717) is 18.8 Å². The first-order chi connectivity index (χ1) is 14.0. The van der Waals surface area contributed by atoms with Crippen LogP contribution in [0.3, 0.4) is 0 Å². The van der Waals surface area contributed by atoms with Gasteiger partial charge in [0.25, 0.3) is 0 Å². The standard InChI is InChI=1S/C25H40O5/c1-5-16(2)21(28)30-15-23(4)18-8-11-24-12-17(25(29,13-24)14-26)6-7-19(24)22(18,3)10-9-20(23)27/h16-19,26,29H,5-15H2,1-4H3/t16?,17-,18+,19+,22-,23+,24+,25-/m1/s1. The molecule has 0 heterocycles. The molecular formula is C25H40O5. The predicted octanol–water partition coefficient (Wildman–Crippen LogP) is 3.89. The highest BCUT2D eigenvalue weighted by molar-refractivity contribution is 5.86. The van der Waals surface area contributed by atoms with Gasteiger partial charge < -0.3 is 14.9 Å². The summed E-state index contributed by atoms with van der Waals surface area (Å²) in [7, 11) is 0. The van der Waals surface area contributed by atoms with Gasteiger partial charge in [-0.25, -0.2) is 0 Å². The second kappa shape index (κ2) is 7.30. The van der Waals surface area contributed by atoms with Crippen LogP contribution < -0.4 is 0 Å². The van der Waals surface area contributed by atoms with Gasteiger partial charge >= 0.3 is 5.97 Å². The SMILES string of the molecule is CCC(C)C(=O)OC[C@]1(C)C(=O)CC[C@@]2(C)[C@@H]3CC[C@@H]4C[C@@]3(CC[C@@H]21)C[C@@]4(O)CO. The number of hydrogen-bond donors (Lipinski definition) is 2. The van der Waals surface area contributed by atoms with E-state index in [1.807, 2.05) is 20.8 Å². The van der Waals surface area contributed by atoms with Crippen molar-refractivity contribution in [2.75, 3.05) is 13.2 Å². The van der Waals surface area contributed by atoms with Crippen molar-refractivity contribution in [1.82, 2.24) is 0 Å². The highest BCUT2D eigenvalue weighted by atomic mass is 16.5. The van der Waals surface area contributed by atoms with Gasteiger partial charge in [-0.3, -0.25) is 9.59 Å². The van der Waals surface area contributed by atoms with Crippen molar-refractivity contribution in [3.05, 3.63) is 0 Å². The molecule has 8 atom stereocenters. The fourth-order valence-corrected chi connectivity index (χ4v) is 8.37. The Morgan fingerprint density at radius 1 is 1.20 bits per heavy atom. The van der Waals surface area contributed by atoms with Gasteiger partial charge in [-0.15, -0.1) is 0 Å². The van der Waals surface area contributed by atoms with E-state index in [2.05, 4.69) is 6.92 Å². The number of aliphatic hydroxyl groups excluding tert-OH is 1. The summed E-state index contributed by atoms with van der Waals surface area (Å²) in [5.41, 5.74) is -1.46. The molecular weight excluding hydrogens is 380 g/mol. The van der Waals surface area contributed by atoms with Gasteiger partial charge in [0, 0.05) is 6.42 Å². The molecule has 4 aliphatic rings. The number of Topliss-reactive ketones (excluding diaryl/α,β-unsaturated/α-hetero) is 1. The van der Waals surface area contributed by atoms with E-state index >= 15 is 0 Å². The Labute approximate surface area is 180 Å². The minimum atomic E-state index is -0.933. The van der Waals surface area contributed by atoms with Crippen molar-refractivity contribution in [2.24, 2.45) is 39.9 Å². The van der Waals surface area contributed by atoms with Crippen LogP contribution in [0.4, 0.5) is 0 Å². The Hall–Kier alpha value is -0.940. The van der Waals surface area contributed by atoms with E-state index < -0.39 is 11.0 Å². The molecule has 0 aromatic rings. The lowest BCUT2D eigenvalue weighted by molar-refractivity contribution is -0.182. The molecule has 0 amide bonds. The van der Waals surface area contributed by atoms with E-state index in [1.54, 1.807) is 0 Å². The maximum absolute atomic E-state index is 13.2. The van der Waals surface area contributed by atoms with Crippen LogP contribution in [0.5, 0.6) is 0 Å². The molecule has 30 heavy (non-hydrogen) atoms. The molecule has 0 aromatic heterocycles. The molecule has 0 saturated heterocycles. The van der Waals surface area contributed by atoms with Crippen LogP contribution in [0.25, 0.3) is 0 Å². The lowest BCUT2D eigenvalue weighted by atomic mass is 9.41. The fourth-order valence-electron chi connectivity index (χ4n) is 8.37. The molecule has 1 spiro atoms. The number of aliphatic hydroxyl groups is 2. The van der Waals surface area contributed by atoms with Gasteiger partial charge in [0.1, 0.15) is 12.4 Å². The molecule has 1 unspecified atom stereocenters. The zero-order chi connectivity index (χ0) is 21.9. The Bertz CT molecular complexity index is 720. The lowest BCUT2D eigenvalue weighted by Gasteiger charge is -2.63. The van der Waals surface area contributed by atoms with Gasteiger partial charge in [0.05, 0.1) is 23.5 Å². The number of carbonyl (C=O) groups excluding carboxylic acids is 2. The topological polar surface area (TPSA) is 83.8 Å². The lowest BCUT2D eigenvalue weighted by Crippen LogP contribution is -2.60. The number of ether oxygens (including phenoxy) is 1. The average molecular weight is 421 g/mol. The number of ketones is 1. The maximum Gasteiger partial charge on any atom is 0.308 e. The van der Waals surface area contributed by atoms with Crippen molar-refractivity contribution < 1.29 is 24.5 Å². The first kappa shape index (κ1) is 22.3. The monoisotopic (exact) mass is 420 g/mol. The van der Waals surface area contributed by atoms with Crippen molar-refractivity contribution in [2.45, 2.75) is 91.1 Å². The third-order valence-electron chi connectivity index (χ3n) is 10.2. The molecule has 2 N–H and O–H groups in total. The van der Waals surface area contributed by atoms with Gasteiger partial charge in [0.2, 0.25) is 0 Å². The first-order valence-corrected chi connectivity index (χ1v) is 12.1. The van der Waals surface area contributed by atoms with Crippen LogP contribution in [0.1, 0.15) is 85.5 Å². The molecule has 170 valence electrons. The smallest absolute Gasteiger partial charge is 0.308 e. The highest BCUT2D eigenvalue weighted by Crippen LogP contribution is 2.72. The zero-order valence-electron chi connectivity index (χ0n) is 19.2. The van der Waals surface area contributed by atoms with Crippen molar-refractivity contribution in [3.8, 4) is 0 Å². The van der Waals surface area contributed by atoms with E-state index in [-0.39, 0.29) is 53.6 Å². The Morgan fingerprint density at radius 3 is 2.60 bits per heavy atom. The summed E-state index contributed by atoms with van der Waals surface area (Å²) in [5, 5.41) is 21.0. The maximum atomic E-state index is 13.2. The minimum absolute atomic E-state index is 0.00929. The molecule has 0 aliphatic heterocycles. The van der Waals surface area contributed by atoms with Crippen LogP contribution in [-0.2, 0) is 14.3 Å². The van der Waals surface area contributed by atoms with Gasteiger partial charge in [-0.1, -0.05) is 20.8 Å². The third kappa shape index (κ3) is 3.02. The summed E-state index contributed by atoms with van der Waals surface area (Å²) in [4.78, 5) is 25.5. The molecule has 5 heteroatoms. The second-order valence-corrected chi connectivity index (χ2v) is 11.7. The van der Waals surface area contributed by atoms with E-state index in [4.69, 9.17) is 4.74 Å². The minimum Gasteiger partial charge on any atom is -0.464 e. The Kier molecular flexibility index (Phi) is 5.42. The Balaban J connectivity index is 1.61. The first-order valence-electron chi connectivity index (χ1n) is 12.1. The summed E-state index contributed by atoms with van der Waals surface area (Å²) >= 11 is 0. The molecule has 0 aromatic carbocycles. The number of carbonyl (C=O) groups is 2. The summed E-state index contributed by atoms with van der Waals surface area (Å²) in [5.74, 6) is 0.759. The molecule has 4 fully saturated rings. The van der Waals surface area contributed by atoms with Gasteiger partial charge in [-0.2, -0.15) is 0 Å². The van der Waals surface area contributed by atoms with E-state index in [0.717, 1.165) is 44.9 Å². The molecule has 0 radical (unpaired) electrons. The largest absolute Gasteiger partial charge is 0.464 e. The molecule has 4 aliphatic carbocycles. The number of fused-ring (bicyclic) bond motifs is 3. The number of hydrogen-bond acceptors (Lipinski definition) is 5. The van der Waals surface area contributed by atoms with Gasteiger partial charge in [0.15, 0.2) is 0 Å². The van der Waals surface area contributed by atoms with Crippen molar-refractivity contribution in [3.63, 3.8) is 0 Å². The summed E-state index contributed by atoms with van der Waals surface area (Å²) in [6, 6.07) is 0. The summed E-state index contributed by atoms with van der Waals surface area (Å²) in [6.45, 7) is 8.29. The molecule has 4 rings (SSSR count). The average Bonchev–Trinajstić information content (AvgIpc) is 2.94. The summed E-state index contributed by atoms with van der Waals surface area (Å²) in [6.07, 6.45) is 7.83. The number of rotatable bonds is 5. The third-order valence-corrected chi connectivity index (χ3v) is 10.2. The van der Waals surface area contributed by atoms with Crippen molar-refractivity contribution in [1.29, 1.82) is 0 Å². The predicted molar refractivity (Wildman–Crippen MR) is 114 cm³/mol. The number of esters is 1. The van der Waals surface area contributed by atoms with Crippen LogP contribution in [0.15, 0.2) is 0 Å². The normalized spacial score (nSPS) is 48.6. The van der Waals surface area contributed by atoms with E-state index in [1.165, 1.54) is 0 Å². The van der Waals surface area contributed by atoms with E-state index in [9.17, 15) is 19.8 Å². The van der Waals surface area contributed by atoms with Crippen LogP contribution in [0.2, 0.25) is 0 Å². The van der Waals surface area contributed by atoms with Crippen LogP contribution in [0, 0.1) is 39.9 Å². The second-order valence-electron chi connectivity index (χ2n) is 11.7. The molecule has 5 nitrogen and oxygen atoms in total. The quantitative estimate of drug-likeness (QED) is 0.659. The highest BCUT2D eigenvalue weighted by Gasteiger charge is 2.68. The Morgan fingerprint density at radius 2 is 1.93 bits per heavy atom. The molecule has 2 bridgehead atoms. The zero-order valence-corrected chi connectivity index (χ0v) is 19.2. The fraction of sp³-hybridized carbons (Fsp3) is 0.920.